The highest BCUT2D eigenvalue weighted by molar-refractivity contribution is 7.11. The molecule has 2 N–H and O–H groups in total. The molecule has 1 heterocycles. The molecule has 1 unspecified atom stereocenters. The molecule has 1 aromatic rings. The first-order valence-corrected chi connectivity index (χ1v) is 7.05. The lowest BCUT2D eigenvalue weighted by molar-refractivity contribution is -0.141. The van der Waals surface area contributed by atoms with Gasteiger partial charge in [0, 0.05) is 23.3 Å². The molecule has 106 valence electrons. The normalized spacial score (nSPS) is 11.9. The van der Waals surface area contributed by atoms with E-state index in [1.807, 2.05) is 6.07 Å². The fraction of sp³-hybridized carbons (Fsp3) is 0.538. The number of carbonyl (C=O) groups is 2. The van der Waals surface area contributed by atoms with Gasteiger partial charge >= 0.3 is 12.0 Å². The smallest absolute Gasteiger partial charge is 0.317 e. The van der Waals surface area contributed by atoms with Crippen molar-refractivity contribution < 1.29 is 14.7 Å². The molecule has 0 spiro atoms. The van der Waals surface area contributed by atoms with Crippen molar-refractivity contribution in [2.24, 2.45) is 5.92 Å². The maximum absolute atomic E-state index is 11.8. The first-order chi connectivity index (χ1) is 8.93. The minimum atomic E-state index is -0.898. The number of carboxylic acids is 1. The summed E-state index contributed by atoms with van der Waals surface area (Å²) in [6.45, 7) is 4.36. The molecule has 0 aliphatic carbocycles. The average molecular weight is 284 g/mol. The van der Waals surface area contributed by atoms with Crippen LogP contribution in [0.25, 0.3) is 0 Å². The zero-order valence-electron chi connectivity index (χ0n) is 11.5. The Bertz CT molecular complexity index is 445. The predicted octanol–water partition coefficient (Wildman–Crippen LogP) is 2.17. The summed E-state index contributed by atoms with van der Waals surface area (Å²) in [6.07, 6.45) is 0.995. The van der Waals surface area contributed by atoms with E-state index in [9.17, 15) is 9.59 Å². The Labute approximate surface area is 117 Å². The van der Waals surface area contributed by atoms with Gasteiger partial charge in [-0.1, -0.05) is 13.8 Å². The predicted molar refractivity (Wildman–Crippen MR) is 75.4 cm³/mol. The molecule has 0 saturated carbocycles. The molecule has 1 atom stereocenters. The van der Waals surface area contributed by atoms with E-state index in [2.05, 4.69) is 18.3 Å². The van der Waals surface area contributed by atoms with Gasteiger partial charge in [0.05, 0.1) is 12.5 Å². The zero-order chi connectivity index (χ0) is 14.4. The van der Waals surface area contributed by atoms with Crippen LogP contribution in [0.5, 0.6) is 0 Å². The summed E-state index contributed by atoms with van der Waals surface area (Å²) < 4.78 is 0. The number of nitrogens with zero attached hydrogens (tertiary/aromatic N) is 1. The van der Waals surface area contributed by atoms with Gasteiger partial charge in [0.25, 0.3) is 0 Å². The van der Waals surface area contributed by atoms with Crippen molar-refractivity contribution in [3.63, 3.8) is 0 Å². The molecule has 0 aliphatic heterocycles. The topological polar surface area (TPSA) is 69.6 Å². The van der Waals surface area contributed by atoms with E-state index in [0.717, 1.165) is 11.3 Å². The third-order valence-electron chi connectivity index (χ3n) is 2.80. The standard InChI is InChI=1S/C13H20N2O3S/c1-4-10-5-6-11(19-10)7-14-13(18)15(3)8-9(2)12(16)17/h5-6,9H,4,7-8H2,1-3H3,(H,14,18)(H,16,17). The number of aryl methyl sites for hydroxylation is 1. The molecule has 0 bridgehead atoms. The molecular formula is C13H20N2O3S. The van der Waals surface area contributed by atoms with Gasteiger partial charge in [-0.2, -0.15) is 0 Å². The highest BCUT2D eigenvalue weighted by atomic mass is 32.1. The van der Waals surface area contributed by atoms with Crippen LogP contribution in [-0.4, -0.2) is 35.6 Å². The number of hydrogen-bond donors (Lipinski definition) is 2. The summed E-state index contributed by atoms with van der Waals surface area (Å²) in [5.74, 6) is -1.46. The lowest BCUT2D eigenvalue weighted by Gasteiger charge is -2.19. The third kappa shape index (κ3) is 4.90. The monoisotopic (exact) mass is 284 g/mol. The lowest BCUT2D eigenvalue weighted by atomic mass is 10.2. The van der Waals surface area contributed by atoms with Crippen LogP contribution in [0.2, 0.25) is 0 Å². The molecule has 0 radical (unpaired) electrons. The van der Waals surface area contributed by atoms with Crippen LogP contribution in [0.4, 0.5) is 4.79 Å². The fourth-order valence-electron chi connectivity index (χ4n) is 1.58. The summed E-state index contributed by atoms with van der Waals surface area (Å²) in [7, 11) is 1.60. The van der Waals surface area contributed by atoms with Crippen LogP contribution in [-0.2, 0) is 17.8 Å². The minimum absolute atomic E-state index is 0.200. The number of urea groups is 1. The molecule has 19 heavy (non-hydrogen) atoms. The van der Waals surface area contributed by atoms with Gasteiger partial charge in [-0.15, -0.1) is 11.3 Å². The van der Waals surface area contributed by atoms with Crippen LogP contribution in [0.15, 0.2) is 12.1 Å². The first-order valence-electron chi connectivity index (χ1n) is 6.23. The maximum Gasteiger partial charge on any atom is 0.317 e. The molecule has 1 rings (SSSR count). The minimum Gasteiger partial charge on any atom is -0.481 e. The number of rotatable bonds is 6. The Morgan fingerprint density at radius 2 is 2.05 bits per heavy atom. The quantitative estimate of drug-likeness (QED) is 0.841. The molecule has 6 heteroatoms. The fourth-order valence-corrected chi connectivity index (χ4v) is 2.47. The van der Waals surface area contributed by atoms with E-state index < -0.39 is 11.9 Å². The van der Waals surface area contributed by atoms with Crippen LogP contribution in [0.1, 0.15) is 23.6 Å². The SMILES string of the molecule is CCc1ccc(CNC(=O)N(C)CC(C)C(=O)O)s1. The summed E-state index contributed by atoms with van der Waals surface area (Å²) in [5.41, 5.74) is 0. The second-order valence-corrected chi connectivity index (χ2v) is 5.75. The largest absolute Gasteiger partial charge is 0.481 e. The van der Waals surface area contributed by atoms with Gasteiger partial charge in [0.2, 0.25) is 0 Å². The van der Waals surface area contributed by atoms with Gasteiger partial charge in [0.1, 0.15) is 0 Å². The van der Waals surface area contributed by atoms with Gasteiger partial charge in [-0.3, -0.25) is 4.79 Å². The van der Waals surface area contributed by atoms with E-state index >= 15 is 0 Å². The second kappa shape index (κ2) is 7.13. The first kappa shape index (κ1) is 15.5. The Kier molecular flexibility index (Phi) is 5.82. The van der Waals surface area contributed by atoms with Crippen molar-refractivity contribution in [3.05, 3.63) is 21.9 Å². The average Bonchev–Trinajstić information content (AvgIpc) is 2.83. The van der Waals surface area contributed by atoms with Crippen LogP contribution in [0, 0.1) is 5.92 Å². The molecular weight excluding hydrogens is 264 g/mol. The van der Waals surface area contributed by atoms with Crippen molar-refractivity contribution in [2.75, 3.05) is 13.6 Å². The van der Waals surface area contributed by atoms with Crippen molar-refractivity contribution in [3.8, 4) is 0 Å². The number of carbonyl (C=O) groups excluding carboxylic acids is 1. The molecule has 1 aromatic heterocycles. The van der Waals surface area contributed by atoms with E-state index in [4.69, 9.17) is 5.11 Å². The molecule has 0 aliphatic rings. The van der Waals surface area contributed by atoms with E-state index in [1.54, 1.807) is 25.3 Å². The number of aliphatic carboxylic acids is 1. The van der Waals surface area contributed by atoms with Crippen molar-refractivity contribution in [1.82, 2.24) is 10.2 Å². The lowest BCUT2D eigenvalue weighted by Crippen LogP contribution is -2.40. The third-order valence-corrected chi connectivity index (χ3v) is 4.03. The summed E-state index contributed by atoms with van der Waals surface area (Å²) in [6, 6.07) is 3.81. The summed E-state index contributed by atoms with van der Waals surface area (Å²) >= 11 is 1.68. The Hall–Kier alpha value is -1.56. The van der Waals surface area contributed by atoms with Gasteiger partial charge in [0.15, 0.2) is 0 Å². The number of nitrogens with one attached hydrogen (secondary N) is 1. The molecule has 0 aromatic carbocycles. The van der Waals surface area contributed by atoms with Gasteiger partial charge in [-0.25, -0.2) is 4.79 Å². The molecule has 0 saturated heterocycles. The zero-order valence-corrected chi connectivity index (χ0v) is 12.3. The van der Waals surface area contributed by atoms with Crippen molar-refractivity contribution in [2.45, 2.75) is 26.8 Å². The van der Waals surface area contributed by atoms with Gasteiger partial charge < -0.3 is 15.3 Å². The molecule has 5 nitrogen and oxygen atoms in total. The molecule has 2 amide bonds. The highest BCUT2D eigenvalue weighted by Crippen LogP contribution is 2.16. The Morgan fingerprint density at radius 3 is 2.58 bits per heavy atom. The number of thiophene rings is 1. The summed E-state index contributed by atoms with van der Waals surface area (Å²) in [4.78, 5) is 26.3. The maximum atomic E-state index is 11.8. The van der Waals surface area contributed by atoms with Crippen LogP contribution >= 0.6 is 11.3 Å². The van der Waals surface area contributed by atoms with E-state index in [1.165, 1.54) is 9.78 Å². The van der Waals surface area contributed by atoms with Crippen molar-refractivity contribution in [1.29, 1.82) is 0 Å². The van der Waals surface area contributed by atoms with Crippen LogP contribution in [0.3, 0.4) is 0 Å². The van der Waals surface area contributed by atoms with Gasteiger partial charge in [-0.05, 0) is 18.6 Å². The number of amides is 2. The number of carboxylic acid groups (broad SMARTS) is 1. The van der Waals surface area contributed by atoms with Crippen molar-refractivity contribution >= 4 is 23.3 Å². The summed E-state index contributed by atoms with van der Waals surface area (Å²) in [5, 5.41) is 11.6. The van der Waals surface area contributed by atoms with E-state index in [-0.39, 0.29) is 12.6 Å². The van der Waals surface area contributed by atoms with E-state index in [0.29, 0.717) is 6.54 Å². The van der Waals surface area contributed by atoms with Crippen LogP contribution < -0.4 is 5.32 Å². The Balaban J connectivity index is 2.40. The highest BCUT2D eigenvalue weighted by Gasteiger charge is 2.17. The second-order valence-electron chi connectivity index (χ2n) is 4.50. The molecule has 0 fully saturated rings. The Morgan fingerprint density at radius 1 is 1.42 bits per heavy atom. The number of hydrogen-bond acceptors (Lipinski definition) is 3.